The van der Waals surface area contributed by atoms with Crippen molar-refractivity contribution in [2.24, 2.45) is 5.92 Å². The van der Waals surface area contributed by atoms with Crippen LogP contribution in [0.4, 0.5) is 0 Å². The maximum absolute atomic E-state index is 4.71. The van der Waals surface area contributed by atoms with Crippen LogP contribution in [0, 0.1) is 5.92 Å². The molecule has 0 radical (unpaired) electrons. The average Bonchev–Trinajstić information content (AvgIpc) is 3.68. The quantitative estimate of drug-likeness (QED) is 0.268. The molecule has 5 nitrogen and oxygen atoms in total. The van der Waals surface area contributed by atoms with Crippen molar-refractivity contribution in [3.63, 3.8) is 0 Å². The molecular weight excluding hydrogens is 442 g/mol. The smallest absolute Gasteiger partial charge is 0.116 e. The number of aromatic nitrogens is 4. The van der Waals surface area contributed by atoms with Gasteiger partial charge >= 0.3 is 0 Å². The van der Waals surface area contributed by atoms with E-state index in [1.54, 1.807) is 0 Å². The third kappa shape index (κ3) is 3.86. The van der Waals surface area contributed by atoms with Crippen LogP contribution in [0.5, 0.6) is 0 Å². The molecule has 0 unspecified atom stereocenters. The lowest BCUT2D eigenvalue weighted by Crippen LogP contribution is -2.28. The standard InChI is InChI=1S/C31H29N5/c1-2-5-22(4-1)25-6-3-7-28-26(25)17-30(34-28)31-27-16-23(8-9-29(27)35-36-31)24-15-21(18-33-19-24)14-20-10-12-32-13-11-20/h1,3-9,15-20,32,34H,2,10-14H2,(H,35,36). The van der Waals surface area contributed by atoms with Crippen LogP contribution < -0.4 is 5.32 Å². The first kappa shape index (κ1) is 21.3. The van der Waals surface area contributed by atoms with Gasteiger partial charge in [0.05, 0.1) is 11.2 Å². The van der Waals surface area contributed by atoms with Gasteiger partial charge in [0.2, 0.25) is 0 Å². The fourth-order valence-electron chi connectivity index (χ4n) is 5.77. The minimum atomic E-state index is 0.744. The average molecular weight is 472 g/mol. The predicted octanol–water partition coefficient (Wildman–Crippen LogP) is 6.66. The molecule has 0 saturated carbocycles. The van der Waals surface area contributed by atoms with Crippen LogP contribution in [0.3, 0.4) is 0 Å². The van der Waals surface area contributed by atoms with Gasteiger partial charge in [-0.2, -0.15) is 5.10 Å². The monoisotopic (exact) mass is 471 g/mol. The molecule has 2 aromatic carbocycles. The Bertz CT molecular complexity index is 1630. The van der Waals surface area contributed by atoms with Gasteiger partial charge < -0.3 is 10.3 Å². The normalized spacial score (nSPS) is 16.3. The van der Waals surface area contributed by atoms with E-state index in [2.05, 4.69) is 87.1 Å². The number of fused-ring (bicyclic) bond motifs is 2. The first-order valence-corrected chi connectivity index (χ1v) is 12.9. The molecule has 1 aliphatic heterocycles. The summed E-state index contributed by atoms with van der Waals surface area (Å²) in [7, 11) is 0. The number of piperidine rings is 1. The van der Waals surface area contributed by atoms with Gasteiger partial charge in [-0.15, -0.1) is 0 Å². The summed E-state index contributed by atoms with van der Waals surface area (Å²) in [6.45, 7) is 2.25. The van der Waals surface area contributed by atoms with E-state index in [1.165, 1.54) is 40.5 Å². The third-order valence-corrected chi connectivity index (χ3v) is 7.68. The van der Waals surface area contributed by atoms with Crippen molar-refractivity contribution in [1.82, 2.24) is 25.5 Å². The molecule has 0 atom stereocenters. The van der Waals surface area contributed by atoms with Gasteiger partial charge in [0.25, 0.3) is 0 Å². The zero-order chi connectivity index (χ0) is 23.9. The molecule has 4 heterocycles. The molecule has 5 heteroatoms. The van der Waals surface area contributed by atoms with Crippen LogP contribution in [-0.4, -0.2) is 33.3 Å². The fraction of sp³-hybridized carbons (Fsp3) is 0.226. The molecule has 0 amide bonds. The van der Waals surface area contributed by atoms with Crippen molar-refractivity contribution in [3.8, 4) is 22.5 Å². The lowest BCUT2D eigenvalue weighted by molar-refractivity contribution is 0.372. The van der Waals surface area contributed by atoms with Crippen LogP contribution in [0.15, 0.2) is 79.2 Å². The van der Waals surface area contributed by atoms with E-state index in [4.69, 9.17) is 5.10 Å². The molecule has 0 spiro atoms. The van der Waals surface area contributed by atoms with Crippen LogP contribution in [-0.2, 0) is 6.42 Å². The zero-order valence-electron chi connectivity index (χ0n) is 20.2. The highest BCUT2D eigenvalue weighted by Crippen LogP contribution is 2.35. The number of allylic oxidation sites excluding steroid dienone is 4. The number of hydrogen-bond donors (Lipinski definition) is 3. The number of aromatic amines is 2. The summed E-state index contributed by atoms with van der Waals surface area (Å²) in [5, 5.41) is 13.8. The highest BCUT2D eigenvalue weighted by molar-refractivity contribution is 6.01. The second-order valence-corrected chi connectivity index (χ2v) is 10.1. The maximum atomic E-state index is 4.71. The Morgan fingerprint density at radius 1 is 0.889 bits per heavy atom. The molecule has 1 aliphatic carbocycles. The lowest BCUT2D eigenvalue weighted by Gasteiger charge is -2.22. The molecular formula is C31H29N5. The second-order valence-electron chi connectivity index (χ2n) is 10.1. The van der Waals surface area contributed by atoms with Crippen molar-refractivity contribution in [1.29, 1.82) is 0 Å². The molecule has 7 rings (SSSR count). The van der Waals surface area contributed by atoms with Crippen LogP contribution in [0.1, 0.15) is 30.4 Å². The van der Waals surface area contributed by atoms with E-state index < -0.39 is 0 Å². The summed E-state index contributed by atoms with van der Waals surface area (Å²) in [5.74, 6) is 0.744. The zero-order valence-corrected chi connectivity index (χ0v) is 20.2. The maximum Gasteiger partial charge on any atom is 0.116 e. The fourth-order valence-corrected chi connectivity index (χ4v) is 5.77. The molecule has 1 fully saturated rings. The number of pyridine rings is 1. The largest absolute Gasteiger partial charge is 0.353 e. The Balaban J connectivity index is 1.25. The van der Waals surface area contributed by atoms with Crippen LogP contribution in [0.2, 0.25) is 0 Å². The summed E-state index contributed by atoms with van der Waals surface area (Å²) < 4.78 is 0. The Hall–Kier alpha value is -3.96. The Morgan fingerprint density at radius 2 is 1.83 bits per heavy atom. The predicted molar refractivity (Wildman–Crippen MR) is 148 cm³/mol. The van der Waals surface area contributed by atoms with Gasteiger partial charge in [-0.1, -0.05) is 36.4 Å². The van der Waals surface area contributed by atoms with Crippen LogP contribution >= 0.6 is 0 Å². The minimum Gasteiger partial charge on any atom is -0.353 e. The van der Waals surface area contributed by atoms with E-state index in [0.717, 1.165) is 65.2 Å². The van der Waals surface area contributed by atoms with Gasteiger partial charge in [0.1, 0.15) is 5.69 Å². The number of nitrogens with one attached hydrogen (secondary N) is 3. The Morgan fingerprint density at radius 3 is 2.72 bits per heavy atom. The summed E-state index contributed by atoms with van der Waals surface area (Å²) in [4.78, 5) is 8.21. The van der Waals surface area contributed by atoms with Crippen molar-refractivity contribution in [3.05, 3.63) is 90.3 Å². The highest BCUT2D eigenvalue weighted by atomic mass is 15.1. The van der Waals surface area contributed by atoms with E-state index in [-0.39, 0.29) is 0 Å². The number of rotatable bonds is 5. The van der Waals surface area contributed by atoms with Crippen molar-refractivity contribution < 1.29 is 0 Å². The number of benzene rings is 2. The summed E-state index contributed by atoms with van der Waals surface area (Å²) in [5.41, 5.74) is 10.4. The van der Waals surface area contributed by atoms with Crippen molar-refractivity contribution in [2.75, 3.05) is 13.1 Å². The summed E-state index contributed by atoms with van der Waals surface area (Å²) in [6, 6.07) is 17.5. The molecule has 2 aliphatic rings. The Kier molecular flexibility index (Phi) is 5.29. The van der Waals surface area contributed by atoms with E-state index in [1.807, 2.05) is 12.4 Å². The van der Waals surface area contributed by atoms with E-state index >= 15 is 0 Å². The third-order valence-electron chi connectivity index (χ3n) is 7.68. The molecule has 0 bridgehead atoms. The number of H-pyrrole nitrogens is 2. The lowest BCUT2D eigenvalue weighted by atomic mass is 9.91. The Labute approximate surface area is 210 Å². The first-order chi connectivity index (χ1) is 17.8. The molecule has 3 aromatic heterocycles. The van der Waals surface area contributed by atoms with Crippen LogP contribution in [0.25, 0.3) is 49.9 Å². The van der Waals surface area contributed by atoms with Gasteiger partial charge in [-0.3, -0.25) is 10.1 Å². The number of hydrogen-bond acceptors (Lipinski definition) is 3. The molecule has 3 N–H and O–H groups in total. The van der Waals surface area contributed by atoms with Gasteiger partial charge in [-0.05, 0) is 97.3 Å². The minimum absolute atomic E-state index is 0.744. The highest BCUT2D eigenvalue weighted by Gasteiger charge is 2.16. The van der Waals surface area contributed by atoms with E-state index in [9.17, 15) is 0 Å². The van der Waals surface area contributed by atoms with Gasteiger partial charge in [0, 0.05) is 34.2 Å². The molecule has 1 saturated heterocycles. The van der Waals surface area contributed by atoms with Gasteiger partial charge in [0.15, 0.2) is 0 Å². The van der Waals surface area contributed by atoms with Crippen molar-refractivity contribution in [2.45, 2.75) is 25.7 Å². The number of nitrogens with zero attached hydrogens (tertiary/aromatic N) is 2. The second kappa shape index (κ2) is 8.92. The topological polar surface area (TPSA) is 69.4 Å². The first-order valence-electron chi connectivity index (χ1n) is 12.9. The summed E-state index contributed by atoms with van der Waals surface area (Å²) >= 11 is 0. The molecule has 178 valence electrons. The van der Waals surface area contributed by atoms with Crippen molar-refractivity contribution >= 4 is 27.4 Å². The molecule has 5 aromatic rings. The van der Waals surface area contributed by atoms with E-state index in [0.29, 0.717) is 0 Å². The van der Waals surface area contributed by atoms with Gasteiger partial charge in [-0.25, -0.2) is 0 Å². The SMILES string of the molecule is C1=CC(c2cccc3[nH]c(-c4n[nH]c5ccc(-c6cncc(CC7CCNCC7)c6)cc45)cc23)=CC1. The molecule has 36 heavy (non-hydrogen) atoms. The summed E-state index contributed by atoms with van der Waals surface area (Å²) in [6.07, 6.45) is 15.3.